The maximum Gasteiger partial charge on any atom is 0.406 e. The molecule has 0 N–H and O–H groups in total. The number of aromatic nitrogens is 1. The summed E-state index contributed by atoms with van der Waals surface area (Å²) >= 11 is 3.24. The lowest BCUT2D eigenvalue weighted by Gasteiger charge is -2.24. The van der Waals surface area contributed by atoms with Gasteiger partial charge in [-0.3, -0.25) is 4.79 Å². The average Bonchev–Trinajstić information content (AvgIpc) is 2.94. The normalized spacial score (nSPS) is 11.2. The van der Waals surface area contributed by atoms with Gasteiger partial charge in [-0.15, -0.1) is 0 Å². The number of carbonyl (C=O) groups is 1. The monoisotopic (exact) mass is 413 g/mol. The smallest absolute Gasteiger partial charge is 0.343 e. The molecule has 0 radical (unpaired) electrons. The van der Waals surface area contributed by atoms with Gasteiger partial charge in [0.25, 0.3) is 5.91 Å². The molecule has 1 aromatic heterocycles. The van der Waals surface area contributed by atoms with Gasteiger partial charge < -0.3 is 9.47 Å². The minimum atomic E-state index is -4.51. The zero-order valence-electron chi connectivity index (χ0n) is 13.3. The second-order valence-electron chi connectivity index (χ2n) is 5.41. The van der Waals surface area contributed by atoms with E-state index in [1.165, 1.54) is 18.2 Å². The molecule has 25 heavy (non-hydrogen) atoms. The van der Waals surface area contributed by atoms with Crippen LogP contribution in [0.1, 0.15) is 28.5 Å². The summed E-state index contributed by atoms with van der Waals surface area (Å²) in [6.07, 6.45) is -2.86. The van der Waals surface area contributed by atoms with Crippen molar-refractivity contribution in [3.63, 3.8) is 0 Å². The van der Waals surface area contributed by atoms with Crippen LogP contribution in [-0.4, -0.2) is 28.1 Å². The number of alkyl halides is 3. The fraction of sp³-hybridized carbons (Fsp3) is 0.294. The number of hydrogen-bond donors (Lipinski definition) is 0. The van der Waals surface area contributed by atoms with E-state index in [1.807, 2.05) is 6.07 Å². The Hall–Kier alpha value is -2.27. The van der Waals surface area contributed by atoms with Gasteiger partial charge in [0.2, 0.25) is 0 Å². The molecule has 0 aliphatic heterocycles. The Bertz CT molecular complexity index is 791. The molecule has 4 nitrogen and oxygen atoms in total. The zero-order chi connectivity index (χ0) is 18.6. The second-order valence-corrected chi connectivity index (χ2v) is 6.33. The molecule has 0 fully saturated rings. The number of carbonyl (C=O) groups excluding carboxylic acids is 1. The van der Waals surface area contributed by atoms with E-state index in [4.69, 9.17) is 5.26 Å². The molecule has 0 bridgehead atoms. The van der Waals surface area contributed by atoms with Crippen LogP contribution in [0.4, 0.5) is 13.2 Å². The Kier molecular flexibility index (Phi) is 5.90. The van der Waals surface area contributed by atoms with E-state index in [1.54, 1.807) is 29.8 Å². The van der Waals surface area contributed by atoms with Gasteiger partial charge in [-0.25, -0.2) is 0 Å². The van der Waals surface area contributed by atoms with Crippen molar-refractivity contribution < 1.29 is 18.0 Å². The van der Waals surface area contributed by atoms with E-state index in [-0.39, 0.29) is 12.2 Å². The summed E-state index contributed by atoms with van der Waals surface area (Å²) in [6.45, 7) is 0.718. The van der Waals surface area contributed by atoms with E-state index in [2.05, 4.69) is 15.9 Å². The first-order chi connectivity index (χ1) is 11.7. The van der Waals surface area contributed by atoms with Crippen LogP contribution in [0.3, 0.4) is 0 Å². The van der Waals surface area contributed by atoms with Gasteiger partial charge in [0.05, 0.1) is 11.6 Å². The van der Waals surface area contributed by atoms with Gasteiger partial charge in [-0.1, -0.05) is 12.1 Å². The van der Waals surface area contributed by atoms with Gasteiger partial charge >= 0.3 is 6.18 Å². The largest absolute Gasteiger partial charge is 0.406 e. The summed E-state index contributed by atoms with van der Waals surface area (Å²) in [5.74, 6) is -0.700. The summed E-state index contributed by atoms with van der Waals surface area (Å²) in [7, 11) is 0. The molecule has 0 spiro atoms. The third kappa shape index (κ3) is 5.10. The number of benzene rings is 1. The lowest BCUT2D eigenvalue weighted by Crippen LogP contribution is -2.39. The van der Waals surface area contributed by atoms with E-state index in [9.17, 15) is 18.0 Å². The van der Waals surface area contributed by atoms with Crippen molar-refractivity contribution in [2.45, 2.75) is 26.2 Å². The molecule has 0 saturated heterocycles. The maximum absolute atomic E-state index is 12.9. The quantitative estimate of drug-likeness (QED) is 0.731. The van der Waals surface area contributed by atoms with Crippen molar-refractivity contribution in [1.29, 1.82) is 5.26 Å². The first-order valence-electron chi connectivity index (χ1n) is 7.44. The predicted octanol–water partition coefficient (Wildman–Crippen LogP) is 4.35. The van der Waals surface area contributed by atoms with Crippen LogP contribution in [0.25, 0.3) is 0 Å². The number of nitrogens with zero attached hydrogens (tertiary/aromatic N) is 3. The molecule has 0 saturated carbocycles. The van der Waals surface area contributed by atoms with Crippen molar-refractivity contribution in [3.8, 4) is 6.07 Å². The molecule has 2 aromatic rings. The lowest BCUT2D eigenvalue weighted by atomic mass is 10.1. The standard InChI is InChI=1S/C17H15BrF3N3O/c1-2-23-10-14(18)7-15(23)16(25)24(11-17(19,20)21)9-13-5-3-12(8-22)4-6-13/h3-7,10H,2,9,11H2,1H3. The van der Waals surface area contributed by atoms with Crippen LogP contribution in [0.15, 0.2) is 41.0 Å². The molecular formula is C17H15BrF3N3O. The van der Waals surface area contributed by atoms with Gasteiger partial charge in [-0.05, 0) is 46.6 Å². The molecule has 0 aliphatic rings. The van der Waals surface area contributed by atoms with E-state index in [0.717, 1.165) is 4.90 Å². The Morgan fingerprint density at radius 2 is 1.96 bits per heavy atom. The van der Waals surface area contributed by atoms with Crippen LogP contribution in [0.5, 0.6) is 0 Å². The zero-order valence-corrected chi connectivity index (χ0v) is 14.9. The Labute approximate surface area is 151 Å². The maximum atomic E-state index is 12.9. The van der Waals surface area contributed by atoms with Crippen molar-refractivity contribution >= 4 is 21.8 Å². The molecule has 1 aromatic carbocycles. The highest BCUT2D eigenvalue weighted by Gasteiger charge is 2.34. The molecule has 8 heteroatoms. The lowest BCUT2D eigenvalue weighted by molar-refractivity contribution is -0.141. The Balaban J connectivity index is 2.31. The highest BCUT2D eigenvalue weighted by molar-refractivity contribution is 9.10. The molecule has 0 unspecified atom stereocenters. The van der Waals surface area contributed by atoms with Crippen molar-refractivity contribution in [1.82, 2.24) is 9.47 Å². The fourth-order valence-corrected chi connectivity index (χ4v) is 2.86. The fourth-order valence-electron chi connectivity index (χ4n) is 2.40. The van der Waals surface area contributed by atoms with Gasteiger partial charge in [-0.2, -0.15) is 18.4 Å². The second kappa shape index (κ2) is 7.74. The van der Waals surface area contributed by atoms with Gasteiger partial charge in [0.15, 0.2) is 0 Å². The third-order valence-corrected chi connectivity index (χ3v) is 3.97. The summed E-state index contributed by atoms with van der Waals surface area (Å²) in [5, 5.41) is 8.79. The van der Waals surface area contributed by atoms with E-state index >= 15 is 0 Å². The van der Waals surface area contributed by atoms with Gasteiger partial charge in [0.1, 0.15) is 12.2 Å². The molecule has 0 atom stereocenters. The SMILES string of the molecule is CCn1cc(Br)cc1C(=O)N(Cc1ccc(C#N)cc1)CC(F)(F)F. The van der Waals surface area contributed by atoms with Crippen molar-refractivity contribution in [3.05, 3.63) is 57.8 Å². The van der Waals surface area contributed by atoms with Crippen LogP contribution in [0.2, 0.25) is 0 Å². The molecule has 132 valence electrons. The highest BCUT2D eigenvalue weighted by Crippen LogP contribution is 2.22. The summed E-state index contributed by atoms with van der Waals surface area (Å²) in [6, 6.07) is 9.56. The number of aryl methyl sites for hydroxylation is 1. The number of halogens is 4. The van der Waals surface area contributed by atoms with Crippen LogP contribution < -0.4 is 0 Å². The first kappa shape index (κ1) is 19.1. The van der Waals surface area contributed by atoms with Crippen LogP contribution in [0, 0.1) is 11.3 Å². The molecule has 2 rings (SSSR count). The van der Waals surface area contributed by atoms with Crippen LogP contribution in [-0.2, 0) is 13.1 Å². The van der Waals surface area contributed by atoms with Crippen molar-refractivity contribution in [2.24, 2.45) is 0 Å². The molecule has 0 aliphatic carbocycles. The van der Waals surface area contributed by atoms with E-state index < -0.39 is 18.6 Å². The predicted molar refractivity (Wildman–Crippen MR) is 89.8 cm³/mol. The number of rotatable bonds is 5. The summed E-state index contributed by atoms with van der Waals surface area (Å²) < 4.78 is 41.0. The van der Waals surface area contributed by atoms with Crippen LogP contribution >= 0.6 is 15.9 Å². The highest BCUT2D eigenvalue weighted by atomic mass is 79.9. The Morgan fingerprint density at radius 1 is 1.32 bits per heavy atom. The van der Waals surface area contributed by atoms with E-state index in [0.29, 0.717) is 22.1 Å². The minimum Gasteiger partial charge on any atom is -0.343 e. The molecule has 1 heterocycles. The molecular weight excluding hydrogens is 399 g/mol. The third-order valence-electron chi connectivity index (χ3n) is 3.54. The average molecular weight is 414 g/mol. The topological polar surface area (TPSA) is 49.0 Å². The first-order valence-corrected chi connectivity index (χ1v) is 8.23. The number of nitriles is 1. The number of amides is 1. The number of hydrogen-bond acceptors (Lipinski definition) is 2. The van der Waals surface area contributed by atoms with Crippen molar-refractivity contribution in [2.75, 3.05) is 6.54 Å². The Morgan fingerprint density at radius 3 is 2.48 bits per heavy atom. The summed E-state index contributed by atoms with van der Waals surface area (Å²) in [4.78, 5) is 13.4. The van der Waals surface area contributed by atoms with Gasteiger partial charge in [0, 0.05) is 23.8 Å². The molecule has 1 amide bonds. The summed E-state index contributed by atoms with van der Waals surface area (Å²) in [5.41, 5.74) is 1.11. The minimum absolute atomic E-state index is 0.187.